The van der Waals surface area contributed by atoms with Crippen molar-refractivity contribution in [3.8, 4) is 0 Å². The molecule has 2 nitrogen and oxygen atoms in total. The molecule has 0 aromatic carbocycles. The van der Waals surface area contributed by atoms with Gasteiger partial charge in [0.15, 0.2) is 11.4 Å². The number of carboxylic acids is 1. The Kier molecular flexibility index (Phi) is 4.40. The summed E-state index contributed by atoms with van der Waals surface area (Å²) >= 11 is 0. The third-order valence-corrected chi connectivity index (χ3v) is 1.74. The fourth-order valence-corrected chi connectivity index (χ4v) is 0.789. The van der Waals surface area contributed by atoms with Crippen LogP contribution in [0.2, 0.25) is 0 Å². The summed E-state index contributed by atoms with van der Waals surface area (Å²) in [6.07, 6.45) is -13.8. The van der Waals surface area contributed by atoms with Gasteiger partial charge in [-0.25, -0.2) is 9.18 Å². The first-order valence-corrected chi connectivity index (χ1v) is 4.01. The van der Waals surface area contributed by atoms with Crippen molar-refractivity contribution in [1.82, 2.24) is 0 Å². The van der Waals surface area contributed by atoms with Crippen molar-refractivity contribution in [2.75, 3.05) is 0 Å². The van der Waals surface area contributed by atoms with Gasteiger partial charge in [-0.15, -0.1) is 0 Å². The minimum Gasteiger partial charge on any atom is -0.478 e. The highest BCUT2D eigenvalue weighted by Crippen LogP contribution is 2.48. The number of allylic oxidation sites excluding steroid dienone is 1. The van der Waals surface area contributed by atoms with E-state index in [0.717, 1.165) is 0 Å². The lowest BCUT2D eigenvalue weighted by molar-refractivity contribution is -0.280. The van der Waals surface area contributed by atoms with Crippen molar-refractivity contribution in [3.05, 3.63) is 11.4 Å². The molecule has 0 unspecified atom stereocenters. The van der Waals surface area contributed by atoms with Crippen LogP contribution < -0.4 is 0 Å². The lowest BCUT2D eigenvalue weighted by Gasteiger charge is -2.24. The van der Waals surface area contributed by atoms with Gasteiger partial charge in [-0.3, -0.25) is 0 Å². The summed E-state index contributed by atoms with van der Waals surface area (Å²) in [5, 5.41) is 7.89. The van der Waals surface area contributed by atoms with Crippen molar-refractivity contribution >= 4 is 5.97 Å². The number of hydrogen-bond donors (Lipinski definition) is 1. The monoisotopic (exact) mass is 326 g/mol. The molecule has 0 amide bonds. The molecule has 0 spiro atoms. The van der Waals surface area contributed by atoms with E-state index < -0.39 is 41.6 Å². The van der Waals surface area contributed by atoms with Crippen LogP contribution >= 0.6 is 0 Å². The summed E-state index contributed by atoms with van der Waals surface area (Å²) in [6, 6.07) is 0. The second-order valence-corrected chi connectivity index (χ2v) is 3.14. The highest BCUT2D eigenvalue weighted by Gasteiger charge is 2.69. The number of halogens is 11. The quantitative estimate of drug-likeness (QED) is 0.634. The van der Waals surface area contributed by atoms with Gasteiger partial charge in [-0.05, 0) is 0 Å². The lowest BCUT2D eigenvalue weighted by atomic mass is 10.0. The molecule has 0 saturated heterocycles. The van der Waals surface area contributed by atoms with Gasteiger partial charge in [0, 0.05) is 0 Å². The van der Waals surface area contributed by atoms with Gasteiger partial charge in [0.2, 0.25) is 0 Å². The van der Waals surface area contributed by atoms with Crippen LogP contribution in [0.25, 0.3) is 0 Å². The average molecular weight is 326 g/mol. The predicted octanol–water partition coefficient (Wildman–Crippen LogP) is 3.69. The van der Waals surface area contributed by atoms with E-state index in [4.69, 9.17) is 5.11 Å². The van der Waals surface area contributed by atoms with E-state index in [1.165, 1.54) is 0 Å². The Morgan fingerprint density at radius 1 is 0.700 bits per heavy atom. The molecule has 0 radical (unpaired) electrons. The molecule has 0 rings (SSSR count). The molecular formula is C7HF11O2. The van der Waals surface area contributed by atoms with Crippen molar-refractivity contribution in [3.63, 3.8) is 0 Å². The molecule has 0 aliphatic carbocycles. The first kappa shape index (κ1) is 18.4. The molecule has 0 atom stereocenters. The zero-order valence-corrected chi connectivity index (χ0v) is 8.51. The molecule has 20 heavy (non-hydrogen) atoms. The molecule has 0 aromatic heterocycles. The van der Waals surface area contributed by atoms with Gasteiger partial charge in [0.05, 0.1) is 0 Å². The molecule has 13 heteroatoms. The number of carboxylic acid groups (broad SMARTS) is 1. The van der Waals surface area contributed by atoms with E-state index in [-0.39, 0.29) is 0 Å². The van der Waals surface area contributed by atoms with Gasteiger partial charge >= 0.3 is 30.2 Å². The summed E-state index contributed by atoms with van der Waals surface area (Å²) in [4.78, 5) is 10.0. The maximum Gasteiger partial charge on any atom is 0.460 e. The van der Waals surface area contributed by atoms with Crippen molar-refractivity contribution in [1.29, 1.82) is 0 Å². The first-order chi connectivity index (χ1) is 8.48. The lowest BCUT2D eigenvalue weighted by Crippen LogP contribution is -2.45. The van der Waals surface area contributed by atoms with Gasteiger partial charge in [0.1, 0.15) is 0 Å². The van der Waals surface area contributed by atoms with Crippen molar-refractivity contribution < 1.29 is 58.2 Å². The van der Waals surface area contributed by atoms with Crippen LogP contribution in [-0.4, -0.2) is 35.3 Å². The molecule has 0 saturated carbocycles. The van der Waals surface area contributed by atoms with Crippen LogP contribution in [-0.2, 0) is 4.79 Å². The number of alkyl halides is 10. The number of carbonyl (C=O) groups is 1. The van der Waals surface area contributed by atoms with E-state index in [0.29, 0.717) is 0 Å². The minimum atomic E-state index is -6.90. The second-order valence-electron chi connectivity index (χ2n) is 3.14. The van der Waals surface area contributed by atoms with Crippen molar-refractivity contribution in [2.24, 2.45) is 0 Å². The van der Waals surface area contributed by atoms with Gasteiger partial charge in [0.25, 0.3) is 0 Å². The standard InChI is InChI=1S/C7HF11O2/c8-2(5(11,12)7(16,17)18)1(3(19)20)4(9,10)6(13,14)15/h(H,19,20). The molecule has 0 bridgehead atoms. The highest BCUT2D eigenvalue weighted by molar-refractivity contribution is 5.89. The van der Waals surface area contributed by atoms with Crippen LogP contribution in [0, 0.1) is 0 Å². The molecule has 0 aliphatic heterocycles. The van der Waals surface area contributed by atoms with Gasteiger partial charge < -0.3 is 5.11 Å². The summed E-state index contributed by atoms with van der Waals surface area (Å²) in [5.41, 5.74) is -4.03. The smallest absolute Gasteiger partial charge is 0.460 e. The Labute approximate surface area is 101 Å². The minimum absolute atomic E-state index is 3.62. The summed E-state index contributed by atoms with van der Waals surface area (Å²) in [7, 11) is 0. The number of hydrogen-bond acceptors (Lipinski definition) is 1. The van der Waals surface area contributed by atoms with Gasteiger partial charge in [-0.2, -0.15) is 43.9 Å². The van der Waals surface area contributed by atoms with Crippen LogP contribution in [0.5, 0.6) is 0 Å². The van der Waals surface area contributed by atoms with E-state index in [1.54, 1.807) is 0 Å². The number of aliphatic carboxylic acids is 1. The van der Waals surface area contributed by atoms with Crippen LogP contribution in [0.1, 0.15) is 0 Å². The van der Waals surface area contributed by atoms with Crippen LogP contribution in [0.3, 0.4) is 0 Å². The molecule has 0 fully saturated rings. The molecule has 0 heterocycles. The molecule has 0 aliphatic rings. The Morgan fingerprint density at radius 2 is 1.00 bits per heavy atom. The number of rotatable bonds is 3. The third-order valence-electron chi connectivity index (χ3n) is 1.74. The van der Waals surface area contributed by atoms with E-state index in [9.17, 15) is 53.1 Å². The zero-order valence-electron chi connectivity index (χ0n) is 8.51. The summed E-state index contributed by atoms with van der Waals surface area (Å²) in [6.45, 7) is 0. The maximum atomic E-state index is 12.7. The van der Waals surface area contributed by atoms with Crippen molar-refractivity contribution in [2.45, 2.75) is 24.2 Å². The van der Waals surface area contributed by atoms with E-state index in [2.05, 4.69) is 0 Å². The first-order valence-electron chi connectivity index (χ1n) is 4.01. The Hall–Kier alpha value is -1.56. The van der Waals surface area contributed by atoms with E-state index in [1.807, 2.05) is 0 Å². The summed E-state index contributed by atoms with van der Waals surface area (Å²) in [5.74, 6) is -21.6. The Morgan fingerprint density at radius 3 is 1.20 bits per heavy atom. The largest absolute Gasteiger partial charge is 0.478 e. The molecule has 1 N–H and O–H groups in total. The van der Waals surface area contributed by atoms with Gasteiger partial charge in [-0.1, -0.05) is 0 Å². The fourth-order valence-electron chi connectivity index (χ4n) is 0.789. The Bertz CT molecular complexity index is 427. The van der Waals surface area contributed by atoms with Crippen LogP contribution in [0.4, 0.5) is 48.3 Å². The molecule has 118 valence electrons. The van der Waals surface area contributed by atoms with E-state index >= 15 is 0 Å². The Balaban J connectivity index is 6.35. The zero-order chi connectivity index (χ0) is 16.7. The molecule has 0 aromatic rings. The summed E-state index contributed by atoms with van der Waals surface area (Å²) < 4.78 is 133. The fraction of sp³-hybridized carbons (Fsp3) is 0.571. The second kappa shape index (κ2) is 4.77. The predicted molar refractivity (Wildman–Crippen MR) is 37.8 cm³/mol. The SMILES string of the molecule is O=C(O)C(=C(F)C(F)(F)C(F)(F)F)C(F)(F)C(F)(F)F. The maximum absolute atomic E-state index is 12.7. The average Bonchev–Trinajstić information content (AvgIpc) is 2.12. The topological polar surface area (TPSA) is 37.3 Å². The van der Waals surface area contributed by atoms with Crippen LogP contribution in [0.15, 0.2) is 11.4 Å². The third kappa shape index (κ3) is 2.95. The highest BCUT2D eigenvalue weighted by atomic mass is 19.4. The normalized spacial score (nSPS) is 15.9. The molecular weight excluding hydrogens is 325 g/mol.